The standard InChI is InChI=1S/C48H47ClN10O7S/c1-25-26(2)67-48-42(25)43(28-4-6-29(49)7-5-28)51-37(44-54-53-27(3)58(44)48)19-40(61)50-30-8-11-33(12-9-30)66-34-22-57(23-34)41-24-55(16-17-65-41)32-20-56(21-32)31-10-13-35-36(18-31)47(64)59(46(35)63)38-14-15-39(60)52-45(38)62/h4-13,18,32,34,37-38,41H,14-17,19-24H2,1-3H3,(H,50,61)(H,52,60,62)/t37-,38?,41+/m0/s1. The highest BCUT2D eigenvalue weighted by molar-refractivity contribution is 7.15. The SMILES string of the molecule is Cc1sc2c(c1C)C(c1ccc(Cl)cc1)=N[C@@H](CC(=O)Nc1ccc(OC3CN([C@H]4CN(C5CN(c6ccc7c(c6)C(=O)N(C6CCC(=O)NC6=O)C7=O)C5)CCO4)C3)cc1)c1nnc(C)n1-2. The number of carbonyl (C=O) groups excluding carboxylic acids is 5. The van der Waals surface area contributed by atoms with Crippen LogP contribution in [0.25, 0.3) is 5.00 Å². The molecule has 6 aliphatic heterocycles. The molecule has 19 heteroatoms. The third kappa shape index (κ3) is 7.89. The predicted molar refractivity (Wildman–Crippen MR) is 249 cm³/mol. The van der Waals surface area contributed by atoms with Gasteiger partial charge in [0.15, 0.2) is 5.82 Å². The zero-order valence-corrected chi connectivity index (χ0v) is 38.6. The number of aryl methyl sites for hydroxylation is 2. The van der Waals surface area contributed by atoms with Gasteiger partial charge in [0.25, 0.3) is 11.8 Å². The zero-order chi connectivity index (χ0) is 46.2. The summed E-state index contributed by atoms with van der Waals surface area (Å²) < 4.78 is 14.6. The van der Waals surface area contributed by atoms with E-state index in [2.05, 4.69) is 49.4 Å². The molecule has 11 rings (SSSR count). The van der Waals surface area contributed by atoms with Crippen LogP contribution in [0.3, 0.4) is 0 Å². The third-order valence-electron chi connectivity index (χ3n) is 13.7. The van der Waals surface area contributed by atoms with Crippen LogP contribution in [-0.2, 0) is 19.1 Å². The minimum atomic E-state index is -0.991. The van der Waals surface area contributed by atoms with Crippen molar-refractivity contribution >= 4 is 69.6 Å². The Morgan fingerprint density at radius 2 is 1.67 bits per heavy atom. The highest BCUT2D eigenvalue weighted by Crippen LogP contribution is 2.40. The molecule has 6 aliphatic rings. The van der Waals surface area contributed by atoms with Gasteiger partial charge in [0, 0.05) is 84.1 Å². The first kappa shape index (κ1) is 43.3. The number of ether oxygens (including phenoxy) is 2. The summed E-state index contributed by atoms with van der Waals surface area (Å²) in [5.41, 5.74) is 5.89. The van der Waals surface area contributed by atoms with Crippen LogP contribution >= 0.6 is 22.9 Å². The second kappa shape index (κ2) is 17.1. The van der Waals surface area contributed by atoms with Crippen LogP contribution in [0, 0.1) is 20.8 Å². The summed E-state index contributed by atoms with van der Waals surface area (Å²) in [7, 11) is 0. The van der Waals surface area contributed by atoms with Crippen LogP contribution in [0.5, 0.6) is 5.75 Å². The highest BCUT2D eigenvalue weighted by Gasteiger charge is 2.46. The Morgan fingerprint density at radius 1 is 0.910 bits per heavy atom. The Hall–Kier alpha value is -6.31. The number of piperidine rings is 1. The number of thiophene rings is 1. The first-order valence-corrected chi connectivity index (χ1v) is 23.7. The van der Waals surface area contributed by atoms with E-state index in [4.69, 9.17) is 26.1 Å². The Kier molecular flexibility index (Phi) is 11.0. The number of rotatable bonds is 10. The molecule has 344 valence electrons. The van der Waals surface area contributed by atoms with E-state index in [9.17, 15) is 24.0 Å². The highest BCUT2D eigenvalue weighted by atomic mass is 35.5. The van der Waals surface area contributed by atoms with Gasteiger partial charge in [-0.25, -0.2) is 0 Å². The fourth-order valence-corrected chi connectivity index (χ4v) is 11.2. The van der Waals surface area contributed by atoms with Gasteiger partial charge in [-0.05, 0) is 87.4 Å². The normalized spacial score (nSPS) is 22.3. The second-order valence-corrected chi connectivity index (χ2v) is 19.6. The maximum atomic E-state index is 13.7. The number of amides is 5. The van der Waals surface area contributed by atoms with Gasteiger partial charge < -0.3 is 19.7 Å². The van der Waals surface area contributed by atoms with E-state index in [0.29, 0.717) is 34.9 Å². The van der Waals surface area contributed by atoms with Gasteiger partial charge in [0.05, 0.1) is 29.9 Å². The summed E-state index contributed by atoms with van der Waals surface area (Å²) in [6.07, 6.45) is 0.206. The third-order valence-corrected chi connectivity index (χ3v) is 15.2. The Morgan fingerprint density at radius 3 is 2.43 bits per heavy atom. The smallest absolute Gasteiger partial charge is 0.262 e. The van der Waals surface area contributed by atoms with Crippen molar-refractivity contribution in [1.82, 2.24) is 34.8 Å². The zero-order valence-electron chi connectivity index (χ0n) is 37.0. The number of hydrogen-bond donors (Lipinski definition) is 2. The first-order valence-electron chi connectivity index (χ1n) is 22.5. The molecule has 4 saturated heterocycles. The van der Waals surface area contributed by atoms with E-state index >= 15 is 0 Å². The monoisotopic (exact) mass is 942 g/mol. The lowest BCUT2D eigenvalue weighted by Gasteiger charge is -2.52. The summed E-state index contributed by atoms with van der Waals surface area (Å²) in [6, 6.07) is 19.0. The Labute approximate surface area is 394 Å². The van der Waals surface area contributed by atoms with Crippen molar-refractivity contribution in [3.05, 3.63) is 116 Å². The molecule has 17 nitrogen and oxygen atoms in total. The number of anilines is 2. The largest absolute Gasteiger partial charge is 0.488 e. The minimum Gasteiger partial charge on any atom is -0.488 e. The van der Waals surface area contributed by atoms with Crippen LogP contribution in [0.4, 0.5) is 11.4 Å². The molecule has 0 saturated carbocycles. The van der Waals surface area contributed by atoms with E-state index in [1.807, 2.05) is 66.1 Å². The quantitative estimate of drug-likeness (QED) is 0.182. The molecule has 67 heavy (non-hydrogen) atoms. The number of halogens is 1. The Balaban J connectivity index is 0.667. The van der Waals surface area contributed by atoms with Crippen LogP contribution in [-0.4, -0.2) is 135 Å². The average Bonchev–Trinajstić information content (AvgIpc) is 3.86. The molecule has 5 amide bonds. The fraction of sp³-hybridized carbons (Fsp3) is 0.375. The van der Waals surface area contributed by atoms with Crippen LogP contribution < -0.4 is 20.3 Å². The molecule has 0 radical (unpaired) electrons. The molecule has 0 bridgehead atoms. The predicted octanol–water partition coefficient (Wildman–Crippen LogP) is 4.84. The van der Waals surface area contributed by atoms with Crippen LogP contribution in [0.15, 0.2) is 71.7 Å². The number of nitrogens with one attached hydrogen (secondary N) is 2. The van der Waals surface area contributed by atoms with E-state index < -0.39 is 35.7 Å². The fourth-order valence-electron chi connectivity index (χ4n) is 9.86. The molecule has 0 aliphatic carbocycles. The maximum Gasteiger partial charge on any atom is 0.262 e. The summed E-state index contributed by atoms with van der Waals surface area (Å²) in [5, 5.41) is 15.8. The van der Waals surface area contributed by atoms with Crippen molar-refractivity contribution in [2.24, 2.45) is 4.99 Å². The number of morpholine rings is 1. The number of fused-ring (bicyclic) bond motifs is 4. The van der Waals surface area contributed by atoms with E-state index in [1.54, 1.807) is 23.5 Å². The van der Waals surface area contributed by atoms with Crippen LogP contribution in [0.1, 0.15) is 79.2 Å². The summed E-state index contributed by atoms with van der Waals surface area (Å²) in [4.78, 5) is 78.7. The number of aliphatic imine (C=N–C) groups is 1. The number of aromatic nitrogens is 3. The summed E-state index contributed by atoms with van der Waals surface area (Å²) >= 11 is 7.93. The number of nitrogens with zero attached hydrogens (tertiary/aromatic N) is 8. The maximum absolute atomic E-state index is 13.7. The van der Waals surface area contributed by atoms with Crippen LogP contribution in [0.2, 0.25) is 5.02 Å². The number of benzene rings is 3. The molecule has 5 aromatic rings. The summed E-state index contributed by atoms with van der Waals surface area (Å²) in [6.45, 7) is 11.3. The van der Waals surface area contributed by atoms with Gasteiger partial charge in [-0.1, -0.05) is 23.7 Å². The molecular formula is C48H47ClN10O7S. The first-order chi connectivity index (χ1) is 32.4. The van der Waals surface area contributed by atoms with Gasteiger partial charge >= 0.3 is 0 Å². The van der Waals surface area contributed by atoms with Crippen molar-refractivity contribution in [2.45, 2.75) is 70.5 Å². The second-order valence-electron chi connectivity index (χ2n) is 17.9. The molecule has 3 atom stereocenters. The molecule has 2 N–H and O–H groups in total. The van der Waals surface area contributed by atoms with Crippen molar-refractivity contribution in [3.8, 4) is 10.8 Å². The van der Waals surface area contributed by atoms with Gasteiger partial charge in [0.2, 0.25) is 17.7 Å². The molecule has 3 aromatic carbocycles. The molecule has 8 heterocycles. The molecule has 4 fully saturated rings. The van der Waals surface area contributed by atoms with Gasteiger partial charge in [-0.3, -0.25) is 53.5 Å². The molecular weight excluding hydrogens is 896 g/mol. The van der Waals surface area contributed by atoms with E-state index in [-0.39, 0.29) is 48.6 Å². The van der Waals surface area contributed by atoms with E-state index in [1.165, 1.54) is 4.88 Å². The van der Waals surface area contributed by atoms with Gasteiger partial charge in [0.1, 0.15) is 41.0 Å². The van der Waals surface area contributed by atoms with Gasteiger partial charge in [-0.2, -0.15) is 0 Å². The molecule has 1 unspecified atom stereocenters. The lowest BCUT2D eigenvalue weighted by molar-refractivity contribution is -0.162. The van der Waals surface area contributed by atoms with Crippen molar-refractivity contribution in [1.29, 1.82) is 0 Å². The number of imide groups is 2. The van der Waals surface area contributed by atoms with Gasteiger partial charge in [-0.15, -0.1) is 21.5 Å². The number of likely N-dealkylation sites (tertiary alicyclic amines) is 1. The molecule has 2 aromatic heterocycles. The van der Waals surface area contributed by atoms with Crippen molar-refractivity contribution in [2.75, 3.05) is 56.1 Å². The lowest BCUT2D eigenvalue weighted by Crippen LogP contribution is -2.67. The van der Waals surface area contributed by atoms with Crippen molar-refractivity contribution < 1.29 is 33.4 Å². The number of carbonyl (C=O) groups is 5. The topological polar surface area (TPSA) is 184 Å². The Bertz CT molecular complexity index is 2890. The number of hydrogen-bond acceptors (Lipinski definition) is 14. The minimum absolute atomic E-state index is 0.00154. The lowest BCUT2D eigenvalue weighted by atomic mass is 9.99. The average molecular weight is 943 g/mol. The molecule has 0 spiro atoms. The van der Waals surface area contributed by atoms with Crippen molar-refractivity contribution in [3.63, 3.8) is 0 Å². The van der Waals surface area contributed by atoms with E-state index in [0.717, 1.165) is 83.1 Å². The summed E-state index contributed by atoms with van der Waals surface area (Å²) in [5.74, 6) is -0.171.